The molecule has 2 N–H and O–H groups in total. The van der Waals surface area contributed by atoms with Crippen molar-refractivity contribution in [3.8, 4) is 0 Å². The molecule has 1 aromatic rings. The Labute approximate surface area is 92.2 Å². The molecule has 0 atom stereocenters. The van der Waals surface area contributed by atoms with Gasteiger partial charge in [0.1, 0.15) is 11.4 Å². The van der Waals surface area contributed by atoms with E-state index in [0.717, 1.165) is 17.0 Å². The molecule has 0 fully saturated rings. The molecule has 0 saturated carbocycles. The molecule has 86 valence electrons. The molecule has 1 amide bonds. The Morgan fingerprint density at radius 1 is 1.56 bits per heavy atom. The summed E-state index contributed by atoms with van der Waals surface area (Å²) in [5.41, 5.74) is 4.38. The fourth-order valence-electron chi connectivity index (χ4n) is 1.23. The van der Waals surface area contributed by atoms with E-state index in [1.165, 1.54) is 13.1 Å². The van der Waals surface area contributed by atoms with Crippen molar-refractivity contribution >= 4 is 11.6 Å². The molecule has 1 aromatic carbocycles. The van der Waals surface area contributed by atoms with Gasteiger partial charge in [0.05, 0.1) is 5.69 Å². The average Bonchev–Trinajstić information content (AvgIpc) is 2.24. The Hall–Kier alpha value is -1.91. The fourth-order valence-corrected chi connectivity index (χ4v) is 1.23. The summed E-state index contributed by atoms with van der Waals surface area (Å²) in [6.07, 6.45) is 1.46. The SMILES string of the molecule is C=CCN(C)C(=O)c1c(F)ccc(N)c1F. The van der Waals surface area contributed by atoms with Crippen molar-refractivity contribution in [2.75, 3.05) is 19.3 Å². The maximum absolute atomic E-state index is 13.5. The molecule has 0 spiro atoms. The van der Waals surface area contributed by atoms with Crippen molar-refractivity contribution in [1.29, 1.82) is 0 Å². The topological polar surface area (TPSA) is 46.3 Å². The number of nitrogen functional groups attached to an aromatic ring is 1. The quantitative estimate of drug-likeness (QED) is 0.631. The van der Waals surface area contributed by atoms with Crippen molar-refractivity contribution in [3.05, 3.63) is 42.0 Å². The second-order valence-electron chi connectivity index (χ2n) is 3.30. The molecule has 0 aromatic heterocycles. The highest BCUT2D eigenvalue weighted by atomic mass is 19.1. The standard InChI is InChI=1S/C11H12F2N2O/c1-3-6-15(2)11(16)9-7(12)4-5-8(14)10(9)13/h3-5H,1,6,14H2,2H3. The molecule has 1 rings (SSSR count). The summed E-state index contributed by atoms with van der Waals surface area (Å²) in [5, 5.41) is 0. The van der Waals surface area contributed by atoms with Crippen molar-refractivity contribution in [2.24, 2.45) is 0 Å². The summed E-state index contributed by atoms with van der Waals surface area (Å²) < 4.78 is 26.8. The van der Waals surface area contributed by atoms with Gasteiger partial charge in [-0.2, -0.15) is 0 Å². The van der Waals surface area contributed by atoms with Gasteiger partial charge in [-0.1, -0.05) is 6.08 Å². The maximum Gasteiger partial charge on any atom is 0.259 e. The fraction of sp³-hybridized carbons (Fsp3) is 0.182. The number of carbonyl (C=O) groups is 1. The number of nitrogens with two attached hydrogens (primary N) is 1. The first-order valence-corrected chi connectivity index (χ1v) is 4.58. The van der Waals surface area contributed by atoms with Crippen LogP contribution in [0.1, 0.15) is 10.4 Å². The second-order valence-corrected chi connectivity index (χ2v) is 3.30. The van der Waals surface area contributed by atoms with Gasteiger partial charge in [0.25, 0.3) is 5.91 Å². The Balaban J connectivity index is 3.17. The van der Waals surface area contributed by atoms with Gasteiger partial charge in [0, 0.05) is 13.6 Å². The number of hydrogen-bond donors (Lipinski definition) is 1. The lowest BCUT2D eigenvalue weighted by Gasteiger charge is -2.16. The normalized spacial score (nSPS) is 9.94. The van der Waals surface area contributed by atoms with E-state index in [0.29, 0.717) is 0 Å². The van der Waals surface area contributed by atoms with E-state index in [1.807, 2.05) is 0 Å². The molecule has 3 nitrogen and oxygen atoms in total. The smallest absolute Gasteiger partial charge is 0.259 e. The summed E-state index contributed by atoms with van der Waals surface area (Å²) in [5.74, 6) is -2.71. The van der Waals surface area contributed by atoms with E-state index < -0.39 is 23.1 Å². The second kappa shape index (κ2) is 4.74. The van der Waals surface area contributed by atoms with Crippen molar-refractivity contribution in [3.63, 3.8) is 0 Å². The largest absolute Gasteiger partial charge is 0.396 e. The highest BCUT2D eigenvalue weighted by Gasteiger charge is 2.21. The molecule has 16 heavy (non-hydrogen) atoms. The molecule has 0 heterocycles. The van der Waals surface area contributed by atoms with E-state index in [-0.39, 0.29) is 12.2 Å². The van der Waals surface area contributed by atoms with E-state index in [9.17, 15) is 13.6 Å². The predicted octanol–water partition coefficient (Wildman–Crippen LogP) is 1.80. The first-order chi connectivity index (χ1) is 7.49. The molecule has 0 aliphatic carbocycles. The molecule has 0 unspecified atom stereocenters. The molecular formula is C11H12F2N2O. The number of halogens is 2. The monoisotopic (exact) mass is 226 g/mol. The molecule has 0 aliphatic heterocycles. The number of likely N-dealkylation sites (N-methyl/N-ethyl adjacent to an activating group) is 1. The van der Waals surface area contributed by atoms with Crippen LogP contribution in [0.4, 0.5) is 14.5 Å². The Bertz CT molecular complexity index is 432. The lowest BCUT2D eigenvalue weighted by molar-refractivity contribution is 0.0801. The number of carbonyl (C=O) groups excluding carboxylic acids is 1. The summed E-state index contributed by atoms with van der Waals surface area (Å²) in [4.78, 5) is 12.8. The van der Waals surface area contributed by atoms with Crippen LogP contribution >= 0.6 is 0 Å². The highest BCUT2D eigenvalue weighted by molar-refractivity contribution is 5.95. The zero-order chi connectivity index (χ0) is 12.3. The van der Waals surface area contributed by atoms with Crippen LogP contribution in [0, 0.1) is 11.6 Å². The van der Waals surface area contributed by atoms with Crippen LogP contribution < -0.4 is 5.73 Å². The zero-order valence-corrected chi connectivity index (χ0v) is 8.84. The predicted molar refractivity (Wildman–Crippen MR) is 57.9 cm³/mol. The molecule has 0 radical (unpaired) electrons. The highest BCUT2D eigenvalue weighted by Crippen LogP contribution is 2.19. The van der Waals surface area contributed by atoms with Crippen LogP contribution in [0.2, 0.25) is 0 Å². The number of anilines is 1. The van der Waals surface area contributed by atoms with Gasteiger partial charge in [-0.3, -0.25) is 4.79 Å². The third-order valence-electron chi connectivity index (χ3n) is 2.08. The molecule has 5 heteroatoms. The van der Waals surface area contributed by atoms with Crippen LogP contribution in [0.15, 0.2) is 24.8 Å². The minimum absolute atomic E-state index is 0.201. The van der Waals surface area contributed by atoms with Gasteiger partial charge >= 0.3 is 0 Å². The van der Waals surface area contributed by atoms with Crippen molar-refractivity contribution < 1.29 is 13.6 Å². The van der Waals surface area contributed by atoms with Crippen LogP contribution in [-0.2, 0) is 0 Å². The number of amides is 1. The first-order valence-electron chi connectivity index (χ1n) is 4.58. The van der Waals surface area contributed by atoms with Gasteiger partial charge in [-0.05, 0) is 12.1 Å². The number of rotatable bonds is 3. The lowest BCUT2D eigenvalue weighted by atomic mass is 10.1. The van der Waals surface area contributed by atoms with Crippen LogP contribution in [0.25, 0.3) is 0 Å². The molecule has 0 aliphatic rings. The molecule has 0 saturated heterocycles. The van der Waals surface area contributed by atoms with Gasteiger partial charge in [0.15, 0.2) is 5.82 Å². The third-order valence-corrected chi connectivity index (χ3v) is 2.08. The summed E-state index contributed by atoms with van der Waals surface area (Å²) >= 11 is 0. The van der Waals surface area contributed by atoms with Gasteiger partial charge in [-0.25, -0.2) is 8.78 Å². The molecular weight excluding hydrogens is 214 g/mol. The van der Waals surface area contributed by atoms with Crippen molar-refractivity contribution in [1.82, 2.24) is 4.90 Å². The maximum atomic E-state index is 13.5. The van der Waals surface area contributed by atoms with Crippen LogP contribution in [-0.4, -0.2) is 24.4 Å². The van der Waals surface area contributed by atoms with Gasteiger partial charge in [-0.15, -0.1) is 6.58 Å². The van der Waals surface area contributed by atoms with E-state index in [2.05, 4.69) is 6.58 Å². The molecule has 0 bridgehead atoms. The van der Waals surface area contributed by atoms with Gasteiger partial charge in [0.2, 0.25) is 0 Å². The lowest BCUT2D eigenvalue weighted by Crippen LogP contribution is -2.28. The van der Waals surface area contributed by atoms with E-state index >= 15 is 0 Å². The average molecular weight is 226 g/mol. The van der Waals surface area contributed by atoms with Crippen LogP contribution in [0.5, 0.6) is 0 Å². The Morgan fingerprint density at radius 3 is 2.75 bits per heavy atom. The number of benzene rings is 1. The third kappa shape index (κ3) is 2.18. The summed E-state index contributed by atoms with van der Waals surface area (Å²) in [7, 11) is 1.42. The minimum atomic E-state index is -1.03. The first kappa shape index (κ1) is 12.2. The van der Waals surface area contributed by atoms with E-state index in [1.54, 1.807) is 0 Å². The van der Waals surface area contributed by atoms with Crippen molar-refractivity contribution in [2.45, 2.75) is 0 Å². The summed E-state index contributed by atoms with van der Waals surface area (Å²) in [6, 6.07) is 2.04. The zero-order valence-electron chi connectivity index (χ0n) is 8.84. The Kier molecular flexibility index (Phi) is 3.60. The summed E-state index contributed by atoms with van der Waals surface area (Å²) in [6.45, 7) is 3.63. The number of hydrogen-bond acceptors (Lipinski definition) is 2. The minimum Gasteiger partial charge on any atom is -0.396 e. The Morgan fingerprint density at radius 2 is 2.19 bits per heavy atom. The number of nitrogens with zero attached hydrogens (tertiary/aromatic N) is 1. The van der Waals surface area contributed by atoms with E-state index in [4.69, 9.17) is 5.73 Å². The van der Waals surface area contributed by atoms with Crippen LogP contribution in [0.3, 0.4) is 0 Å². The van der Waals surface area contributed by atoms with Gasteiger partial charge < -0.3 is 10.6 Å².